The molecular formula is C19H20BrNO5. The average Bonchev–Trinajstić information content (AvgIpc) is 2.62. The van der Waals surface area contributed by atoms with Crippen molar-refractivity contribution in [1.29, 1.82) is 0 Å². The van der Waals surface area contributed by atoms with Crippen molar-refractivity contribution in [3.05, 3.63) is 52.5 Å². The SMILES string of the molecule is COc1cccc(OC)c1NC(=O)C(CC(=O)O)Cc1ccc(Br)cc1. The highest BCUT2D eigenvalue weighted by atomic mass is 79.9. The number of rotatable bonds is 8. The van der Waals surface area contributed by atoms with Gasteiger partial charge in [-0.1, -0.05) is 34.1 Å². The molecule has 2 aromatic rings. The molecule has 6 nitrogen and oxygen atoms in total. The molecule has 0 heterocycles. The number of hydrogen-bond acceptors (Lipinski definition) is 4. The summed E-state index contributed by atoms with van der Waals surface area (Å²) >= 11 is 3.36. The minimum atomic E-state index is -1.03. The van der Waals surface area contributed by atoms with Crippen molar-refractivity contribution in [2.45, 2.75) is 12.8 Å². The van der Waals surface area contributed by atoms with Gasteiger partial charge in [-0.2, -0.15) is 0 Å². The zero-order valence-corrected chi connectivity index (χ0v) is 16.1. The van der Waals surface area contributed by atoms with Crippen LogP contribution in [0.1, 0.15) is 12.0 Å². The monoisotopic (exact) mass is 421 g/mol. The highest BCUT2D eigenvalue weighted by molar-refractivity contribution is 9.10. The highest BCUT2D eigenvalue weighted by Crippen LogP contribution is 2.34. The van der Waals surface area contributed by atoms with Gasteiger partial charge in [-0.3, -0.25) is 9.59 Å². The number of carboxylic acid groups (broad SMARTS) is 1. The van der Waals surface area contributed by atoms with Gasteiger partial charge in [0.1, 0.15) is 17.2 Å². The zero-order valence-electron chi connectivity index (χ0n) is 14.5. The molecule has 1 amide bonds. The van der Waals surface area contributed by atoms with Crippen LogP contribution < -0.4 is 14.8 Å². The first-order valence-electron chi connectivity index (χ1n) is 7.92. The summed E-state index contributed by atoms with van der Waals surface area (Å²) in [5.74, 6) is -1.29. The molecule has 2 rings (SSSR count). The van der Waals surface area contributed by atoms with E-state index in [0.29, 0.717) is 23.6 Å². The normalized spacial score (nSPS) is 11.5. The van der Waals surface area contributed by atoms with Crippen LogP contribution in [0.4, 0.5) is 5.69 Å². The largest absolute Gasteiger partial charge is 0.494 e. The molecule has 0 saturated carbocycles. The number of benzene rings is 2. The van der Waals surface area contributed by atoms with Crippen LogP contribution in [0.5, 0.6) is 11.5 Å². The Morgan fingerprint density at radius 2 is 1.65 bits per heavy atom. The Bertz CT molecular complexity index is 754. The number of halogens is 1. The number of ether oxygens (including phenoxy) is 2. The van der Waals surface area contributed by atoms with Crippen LogP contribution >= 0.6 is 15.9 Å². The molecule has 0 spiro atoms. The van der Waals surface area contributed by atoms with Gasteiger partial charge in [0.05, 0.1) is 26.6 Å². The first kappa shape index (κ1) is 19.8. The molecule has 138 valence electrons. The number of amides is 1. The smallest absolute Gasteiger partial charge is 0.304 e. The van der Waals surface area contributed by atoms with Crippen LogP contribution in [0.15, 0.2) is 46.9 Å². The fourth-order valence-electron chi connectivity index (χ4n) is 2.57. The van der Waals surface area contributed by atoms with Crippen molar-refractivity contribution in [1.82, 2.24) is 0 Å². The summed E-state index contributed by atoms with van der Waals surface area (Å²) in [6, 6.07) is 12.6. The van der Waals surface area contributed by atoms with Crippen molar-refractivity contribution in [3.63, 3.8) is 0 Å². The molecule has 0 aliphatic rings. The average molecular weight is 422 g/mol. The Balaban J connectivity index is 2.24. The maximum absolute atomic E-state index is 12.8. The van der Waals surface area contributed by atoms with Crippen molar-refractivity contribution in [2.75, 3.05) is 19.5 Å². The Hall–Kier alpha value is -2.54. The standard InChI is InChI=1S/C19H20BrNO5/c1-25-15-4-3-5-16(26-2)18(15)21-19(24)13(11-17(22)23)10-12-6-8-14(20)9-7-12/h3-9,13H,10-11H2,1-2H3,(H,21,24)(H,22,23). The topological polar surface area (TPSA) is 84.9 Å². The molecule has 0 saturated heterocycles. The molecule has 2 N–H and O–H groups in total. The summed E-state index contributed by atoms with van der Waals surface area (Å²) < 4.78 is 11.4. The third-order valence-electron chi connectivity index (χ3n) is 3.86. The predicted molar refractivity (Wildman–Crippen MR) is 102 cm³/mol. The van der Waals surface area contributed by atoms with E-state index in [1.165, 1.54) is 14.2 Å². The minimum Gasteiger partial charge on any atom is -0.494 e. The molecule has 2 aromatic carbocycles. The number of carboxylic acids is 1. The lowest BCUT2D eigenvalue weighted by Gasteiger charge is -2.18. The first-order valence-corrected chi connectivity index (χ1v) is 8.72. The minimum absolute atomic E-state index is 0.278. The second-order valence-electron chi connectivity index (χ2n) is 5.65. The third-order valence-corrected chi connectivity index (χ3v) is 4.39. The lowest BCUT2D eigenvalue weighted by Crippen LogP contribution is -2.27. The van der Waals surface area contributed by atoms with Crippen molar-refractivity contribution in [3.8, 4) is 11.5 Å². The Morgan fingerprint density at radius 3 is 2.15 bits per heavy atom. The van der Waals surface area contributed by atoms with Gasteiger partial charge >= 0.3 is 5.97 Å². The molecule has 26 heavy (non-hydrogen) atoms. The highest BCUT2D eigenvalue weighted by Gasteiger charge is 2.24. The Morgan fingerprint density at radius 1 is 1.08 bits per heavy atom. The number of carbonyl (C=O) groups is 2. The zero-order chi connectivity index (χ0) is 19.1. The van der Waals surface area contributed by atoms with E-state index in [-0.39, 0.29) is 6.42 Å². The lowest BCUT2D eigenvalue weighted by atomic mass is 9.95. The number of anilines is 1. The van der Waals surface area contributed by atoms with Gasteiger partial charge in [-0.25, -0.2) is 0 Å². The van der Waals surface area contributed by atoms with Gasteiger partial charge in [0.15, 0.2) is 0 Å². The molecule has 1 atom stereocenters. The number of para-hydroxylation sites is 1. The van der Waals surface area contributed by atoms with E-state index < -0.39 is 17.8 Å². The van der Waals surface area contributed by atoms with E-state index in [1.54, 1.807) is 18.2 Å². The molecule has 1 unspecified atom stereocenters. The van der Waals surface area contributed by atoms with Gasteiger partial charge in [-0.05, 0) is 36.2 Å². The van der Waals surface area contributed by atoms with Gasteiger partial charge < -0.3 is 19.9 Å². The first-order chi connectivity index (χ1) is 12.4. The van der Waals surface area contributed by atoms with Gasteiger partial charge in [0.25, 0.3) is 0 Å². The maximum Gasteiger partial charge on any atom is 0.304 e. The number of hydrogen-bond donors (Lipinski definition) is 2. The van der Waals surface area contributed by atoms with Crippen molar-refractivity contribution >= 4 is 33.5 Å². The summed E-state index contributed by atoms with van der Waals surface area (Å²) in [6.07, 6.45) is 0.0300. The molecule has 0 aliphatic heterocycles. The van der Waals surface area contributed by atoms with E-state index in [9.17, 15) is 14.7 Å². The molecule has 0 bridgehead atoms. The molecule has 7 heteroatoms. The summed E-state index contributed by atoms with van der Waals surface area (Å²) in [7, 11) is 2.97. The Kier molecular flexibility index (Phi) is 7.03. The quantitative estimate of drug-likeness (QED) is 0.677. The molecular weight excluding hydrogens is 402 g/mol. The number of carbonyl (C=O) groups excluding carboxylic acids is 1. The summed E-state index contributed by atoms with van der Waals surface area (Å²) in [6.45, 7) is 0. The van der Waals surface area contributed by atoms with E-state index in [4.69, 9.17) is 9.47 Å². The van der Waals surface area contributed by atoms with Gasteiger partial charge in [0.2, 0.25) is 5.91 Å². The van der Waals surface area contributed by atoms with Crippen LogP contribution in [0.2, 0.25) is 0 Å². The number of aliphatic carboxylic acids is 1. The van der Waals surface area contributed by atoms with Gasteiger partial charge in [0, 0.05) is 4.47 Å². The molecule has 0 aliphatic carbocycles. The molecule has 0 aromatic heterocycles. The van der Waals surface area contributed by atoms with Crippen molar-refractivity contribution in [2.24, 2.45) is 5.92 Å². The third kappa shape index (κ3) is 5.23. The Labute approximate surface area is 160 Å². The van der Waals surface area contributed by atoms with Crippen molar-refractivity contribution < 1.29 is 24.2 Å². The van der Waals surface area contributed by atoms with E-state index in [1.807, 2.05) is 24.3 Å². The van der Waals surface area contributed by atoms with Crippen LogP contribution in [0, 0.1) is 5.92 Å². The summed E-state index contributed by atoms with van der Waals surface area (Å²) in [5.41, 5.74) is 1.26. The van der Waals surface area contributed by atoms with E-state index in [0.717, 1.165) is 10.0 Å². The molecule has 0 radical (unpaired) electrons. The number of methoxy groups -OCH3 is 2. The number of nitrogens with one attached hydrogen (secondary N) is 1. The summed E-state index contributed by atoms with van der Waals surface area (Å²) in [5, 5.41) is 11.9. The second kappa shape index (κ2) is 9.24. The van der Waals surface area contributed by atoms with E-state index >= 15 is 0 Å². The van der Waals surface area contributed by atoms with Crippen LogP contribution in [0.25, 0.3) is 0 Å². The predicted octanol–water partition coefficient (Wildman–Crippen LogP) is 3.74. The molecule has 0 fully saturated rings. The van der Waals surface area contributed by atoms with Crippen LogP contribution in [-0.2, 0) is 16.0 Å². The summed E-state index contributed by atoms with van der Waals surface area (Å²) in [4.78, 5) is 24.0. The second-order valence-corrected chi connectivity index (χ2v) is 6.57. The maximum atomic E-state index is 12.8. The fraction of sp³-hybridized carbons (Fsp3) is 0.263. The fourth-order valence-corrected chi connectivity index (χ4v) is 2.84. The van der Waals surface area contributed by atoms with Crippen LogP contribution in [-0.4, -0.2) is 31.2 Å². The lowest BCUT2D eigenvalue weighted by molar-refractivity contribution is -0.140. The van der Waals surface area contributed by atoms with E-state index in [2.05, 4.69) is 21.2 Å². The van der Waals surface area contributed by atoms with Crippen LogP contribution in [0.3, 0.4) is 0 Å². The van der Waals surface area contributed by atoms with Gasteiger partial charge in [-0.15, -0.1) is 0 Å².